The summed E-state index contributed by atoms with van der Waals surface area (Å²) in [6.45, 7) is 4.49. The number of aromatic amines is 1. The van der Waals surface area contributed by atoms with Crippen molar-refractivity contribution in [1.29, 1.82) is 0 Å². The molecule has 0 saturated heterocycles. The Morgan fingerprint density at radius 1 is 1.33 bits per heavy atom. The second kappa shape index (κ2) is 5.83. The van der Waals surface area contributed by atoms with Gasteiger partial charge in [-0.2, -0.15) is 0 Å². The van der Waals surface area contributed by atoms with E-state index < -0.39 is 0 Å². The third kappa shape index (κ3) is 2.99. The zero-order valence-corrected chi connectivity index (χ0v) is 11.3. The highest BCUT2D eigenvalue weighted by atomic mass is 15.0. The van der Waals surface area contributed by atoms with Gasteiger partial charge in [0.15, 0.2) is 0 Å². The van der Waals surface area contributed by atoms with Gasteiger partial charge >= 0.3 is 0 Å². The van der Waals surface area contributed by atoms with Crippen LogP contribution in [0.15, 0.2) is 36.7 Å². The second-order valence-electron chi connectivity index (χ2n) is 5.04. The molecule has 1 aromatic carbocycles. The van der Waals surface area contributed by atoms with Crippen LogP contribution in [0.25, 0.3) is 0 Å². The van der Waals surface area contributed by atoms with Crippen molar-refractivity contribution < 1.29 is 0 Å². The summed E-state index contributed by atoms with van der Waals surface area (Å²) in [7, 11) is 1.96. The van der Waals surface area contributed by atoms with Crippen LogP contribution >= 0.6 is 0 Å². The zero-order valence-electron chi connectivity index (χ0n) is 11.3. The van der Waals surface area contributed by atoms with E-state index in [4.69, 9.17) is 0 Å². The molecular formula is C15H21N3. The number of aromatic nitrogens is 2. The van der Waals surface area contributed by atoms with Gasteiger partial charge in [-0.15, -0.1) is 0 Å². The Balaban J connectivity index is 2.26. The molecule has 2 aromatic rings. The van der Waals surface area contributed by atoms with E-state index in [1.807, 2.05) is 13.2 Å². The molecule has 0 amide bonds. The van der Waals surface area contributed by atoms with Gasteiger partial charge in [-0.05, 0) is 30.5 Å². The van der Waals surface area contributed by atoms with Gasteiger partial charge < -0.3 is 10.3 Å². The van der Waals surface area contributed by atoms with Crippen molar-refractivity contribution >= 4 is 0 Å². The molecule has 96 valence electrons. The van der Waals surface area contributed by atoms with Crippen LogP contribution in [-0.2, 0) is 6.42 Å². The Hall–Kier alpha value is -1.61. The highest BCUT2D eigenvalue weighted by Gasteiger charge is 2.14. The van der Waals surface area contributed by atoms with Gasteiger partial charge in [0.2, 0.25) is 0 Å². The summed E-state index contributed by atoms with van der Waals surface area (Å²) in [6, 6.07) is 8.86. The summed E-state index contributed by atoms with van der Waals surface area (Å²) in [5.74, 6) is 1.64. The van der Waals surface area contributed by atoms with Crippen LogP contribution in [0.5, 0.6) is 0 Å². The lowest BCUT2D eigenvalue weighted by Gasteiger charge is -2.15. The first-order valence-corrected chi connectivity index (χ1v) is 6.46. The fourth-order valence-electron chi connectivity index (χ4n) is 2.27. The normalized spacial score (nSPS) is 12.9. The van der Waals surface area contributed by atoms with Gasteiger partial charge in [-0.3, -0.25) is 0 Å². The van der Waals surface area contributed by atoms with Crippen LogP contribution in [0, 0.1) is 5.92 Å². The smallest absolute Gasteiger partial charge is 0.127 e. The number of nitrogens with zero attached hydrogens (tertiary/aromatic N) is 1. The first-order chi connectivity index (χ1) is 8.70. The predicted molar refractivity (Wildman–Crippen MR) is 74.5 cm³/mol. The summed E-state index contributed by atoms with van der Waals surface area (Å²) in [5, 5.41) is 3.31. The average molecular weight is 243 g/mol. The summed E-state index contributed by atoms with van der Waals surface area (Å²) >= 11 is 0. The summed E-state index contributed by atoms with van der Waals surface area (Å²) in [4.78, 5) is 7.51. The number of rotatable bonds is 5. The highest BCUT2D eigenvalue weighted by molar-refractivity contribution is 5.30. The molecule has 0 fully saturated rings. The van der Waals surface area contributed by atoms with Crippen LogP contribution in [0.4, 0.5) is 0 Å². The van der Waals surface area contributed by atoms with Crippen LogP contribution in [-0.4, -0.2) is 17.0 Å². The van der Waals surface area contributed by atoms with E-state index in [0.717, 1.165) is 12.2 Å². The minimum Gasteiger partial charge on any atom is -0.347 e. The quantitative estimate of drug-likeness (QED) is 0.847. The van der Waals surface area contributed by atoms with E-state index in [9.17, 15) is 0 Å². The minimum atomic E-state index is 0.132. The number of nitrogens with one attached hydrogen (secondary N) is 2. The van der Waals surface area contributed by atoms with Gasteiger partial charge in [0.05, 0.1) is 6.04 Å². The number of hydrogen-bond donors (Lipinski definition) is 2. The van der Waals surface area contributed by atoms with E-state index in [2.05, 4.69) is 53.4 Å². The second-order valence-corrected chi connectivity index (χ2v) is 5.04. The third-order valence-corrected chi connectivity index (χ3v) is 3.01. The molecule has 0 radical (unpaired) electrons. The van der Waals surface area contributed by atoms with E-state index in [0.29, 0.717) is 5.92 Å². The minimum absolute atomic E-state index is 0.132. The van der Waals surface area contributed by atoms with Crippen molar-refractivity contribution in [2.75, 3.05) is 7.05 Å². The molecule has 0 aliphatic rings. The first-order valence-electron chi connectivity index (χ1n) is 6.46. The molecule has 2 rings (SSSR count). The number of hydrogen-bond acceptors (Lipinski definition) is 2. The molecule has 1 atom stereocenters. The summed E-state index contributed by atoms with van der Waals surface area (Å²) < 4.78 is 0. The maximum absolute atomic E-state index is 4.34. The molecule has 1 aromatic heterocycles. The van der Waals surface area contributed by atoms with Gasteiger partial charge in [-0.25, -0.2) is 4.98 Å². The number of H-pyrrole nitrogens is 1. The van der Waals surface area contributed by atoms with E-state index in [1.54, 1.807) is 6.20 Å². The molecular weight excluding hydrogens is 222 g/mol. The lowest BCUT2D eigenvalue weighted by molar-refractivity contribution is 0.636. The molecule has 2 N–H and O–H groups in total. The molecule has 1 heterocycles. The molecule has 18 heavy (non-hydrogen) atoms. The fraction of sp³-hybridized carbons (Fsp3) is 0.400. The molecule has 0 bridgehead atoms. The third-order valence-electron chi connectivity index (χ3n) is 3.01. The van der Waals surface area contributed by atoms with Crippen molar-refractivity contribution in [2.24, 2.45) is 5.92 Å². The van der Waals surface area contributed by atoms with Crippen molar-refractivity contribution in [3.05, 3.63) is 53.6 Å². The fourth-order valence-corrected chi connectivity index (χ4v) is 2.27. The Kier molecular flexibility index (Phi) is 4.15. The van der Waals surface area contributed by atoms with Gasteiger partial charge in [0, 0.05) is 12.4 Å². The Labute approximate surface area is 109 Å². The summed E-state index contributed by atoms with van der Waals surface area (Å²) in [6.07, 6.45) is 4.76. The molecule has 0 spiro atoms. The van der Waals surface area contributed by atoms with Crippen molar-refractivity contribution in [3.63, 3.8) is 0 Å². The Morgan fingerprint density at radius 3 is 2.78 bits per heavy atom. The lowest BCUT2D eigenvalue weighted by Crippen LogP contribution is -2.19. The van der Waals surface area contributed by atoms with Crippen molar-refractivity contribution in [1.82, 2.24) is 15.3 Å². The van der Waals surface area contributed by atoms with Crippen LogP contribution in [0.2, 0.25) is 0 Å². The van der Waals surface area contributed by atoms with Gasteiger partial charge in [0.25, 0.3) is 0 Å². The monoisotopic (exact) mass is 243 g/mol. The Morgan fingerprint density at radius 2 is 2.17 bits per heavy atom. The maximum Gasteiger partial charge on any atom is 0.127 e. The molecule has 3 heteroatoms. The van der Waals surface area contributed by atoms with Crippen LogP contribution in [0.1, 0.15) is 36.8 Å². The van der Waals surface area contributed by atoms with E-state index >= 15 is 0 Å². The highest BCUT2D eigenvalue weighted by Crippen LogP contribution is 2.20. The average Bonchev–Trinajstić information content (AvgIpc) is 2.83. The van der Waals surface area contributed by atoms with Crippen LogP contribution < -0.4 is 5.32 Å². The zero-order chi connectivity index (χ0) is 13.0. The molecule has 1 unspecified atom stereocenters. The largest absolute Gasteiger partial charge is 0.347 e. The van der Waals surface area contributed by atoms with Crippen molar-refractivity contribution in [3.8, 4) is 0 Å². The van der Waals surface area contributed by atoms with Gasteiger partial charge in [0.1, 0.15) is 5.82 Å². The molecule has 0 aliphatic carbocycles. The lowest BCUT2D eigenvalue weighted by atomic mass is 9.98. The maximum atomic E-state index is 4.34. The number of benzene rings is 1. The van der Waals surface area contributed by atoms with E-state index in [-0.39, 0.29) is 6.04 Å². The molecule has 0 aliphatic heterocycles. The first kappa shape index (κ1) is 12.8. The SMILES string of the molecule is CNC(c1cccc(CC(C)C)c1)c1ncc[nH]1. The van der Waals surface area contributed by atoms with Crippen LogP contribution in [0.3, 0.4) is 0 Å². The Bertz CT molecular complexity index is 474. The predicted octanol–water partition coefficient (Wildman–Crippen LogP) is 2.92. The topological polar surface area (TPSA) is 40.7 Å². The van der Waals surface area contributed by atoms with Crippen molar-refractivity contribution in [2.45, 2.75) is 26.3 Å². The van der Waals surface area contributed by atoms with E-state index in [1.165, 1.54) is 11.1 Å². The standard InChI is InChI=1S/C15H21N3/c1-11(2)9-12-5-4-6-13(10-12)14(16-3)15-17-7-8-18-15/h4-8,10-11,14,16H,9H2,1-3H3,(H,17,18). The molecule has 3 nitrogen and oxygen atoms in total. The van der Waals surface area contributed by atoms with Gasteiger partial charge in [-0.1, -0.05) is 38.1 Å². The number of imidazole rings is 1. The molecule has 0 saturated carbocycles. The summed E-state index contributed by atoms with van der Waals surface area (Å²) in [5.41, 5.74) is 2.64.